The second kappa shape index (κ2) is 5.42. The number of halogens is 3. The average Bonchev–Trinajstić information content (AvgIpc) is 2.15. The van der Waals surface area contributed by atoms with Crippen LogP contribution >= 0.6 is 15.9 Å². The van der Waals surface area contributed by atoms with E-state index in [-0.39, 0.29) is 12.2 Å². The Morgan fingerprint density at radius 1 is 1.40 bits per heavy atom. The predicted molar refractivity (Wildman–Crippen MR) is 58.8 cm³/mol. The molecular formula is C10H12BrF2NO. The van der Waals surface area contributed by atoms with E-state index in [1.165, 1.54) is 12.1 Å². The molecule has 1 aromatic rings. The molecule has 0 aromatic heterocycles. The molecule has 0 amide bonds. The Kier molecular flexibility index (Phi) is 4.47. The molecule has 0 spiro atoms. The van der Waals surface area contributed by atoms with Crippen molar-refractivity contribution >= 4 is 21.6 Å². The van der Waals surface area contributed by atoms with Gasteiger partial charge in [0.25, 0.3) is 0 Å². The van der Waals surface area contributed by atoms with Crippen LogP contribution < -0.4 is 5.32 Å². The summed E-state index contributed by atoms with van der Waals surface area (Å²) in [6, 6.07) is 2.34. The topological polar surface area (TPSA) is 32.3 Å². The Balaban J connectivity index is 2.77. The van der Waals surface area contributed by atoms with Gasteiger partial charge in [0.1, 0.15) is 17.3 Å². The lowest BCUT2D eigenvalue weighted by Crippen LogP contribution is -2.19. The van der Waals surface area contributed by atoms with Crippen LogP contribution in [0.3, 0.4) is 0 Å². The van der Waals surface area contributed by atoms with E-state index in [2.05, 4.69) is 21.2 Å². The molecule has 1 atom stereocenters. The molecule has 0 aliphatic rings. The maximum atomic E-state index is 13.3. The first-order valence-corrected chi connectivity index (χ1v) is 5.40. The van der Waals surface area contributed by atoms with Crippen molar-refractivity contribution in [3.63, 3.8) is 0 Å². The zero-order valence-electron chi connectivity index (χ0n) is 8.23. The van der Waals surface area contributed by atoms with Crippen LogP contribution in [0, 0.1) is 11.6 Å². The van der Waals surface area contributed by atoms with Crippen molar-refractivity contribution in [3.8, 4) is 0 Å². The molecule has 0 saturated carbocycles. The van der Waals surface area contributed by atoms with Gasteiger partial charge in [-0.1, -0.05) is 22.9 Å². The van der Waals surface area contributed by atoms with Gasteiger partial charge in [-0.05, 0) is 18.6 Å². The molecule has 84 valence electrons. The summed E-state index contributed by atoms with van der Waals surface area (Å²) in [6.07, 6.45) is -0.0697. The quantitative estimate of drug-likeness (QED) is 0.888. The highest BCUT2D eigenvalue weighted by molar-refractivity contribution is 9.10. The minimum Gasteiger partial charge on any atom is -0.391 e. The van der Waals surface area contributed by atoms with Gasteiger partial charge in [0.05, 0.1) is 6.10 Å². The first-order valence-electron chi connectivity index (χ1n) is 4.61. The highest BCUT2D eigenvalue weighted by atomic mass is 79.9. The first-order chi connectivity index (χ1) is 7.04. The zero-order valence-corrected chi connectivity index (χ0v) is 9.81. The molecule has 2 nitrogen and oxygen atoms in total. The zero-order chi connectivity index (χ0) is 11.4. The monoisotopic (exact) mass is 279 g/mol. The first kappa shape index (κ1) is 12.4. The third-order valence-corrected chi connectivity index (χ3v) is 2.45. The Labute approximate surface area is 95.4 Å². The van der Waals surface area contributed by atoms with Crippen LogP contribution in [0.1, 0.15) is 13.3 Å². The van der Waals surface area contributed by atoms with E-state index < -0.39 is 17.7 Å². The van der Waals surface area contributed by atoms with E-state index in [1.807, 2.05) is 0 Å². The number of hydrogen-bond acceptors (Lipinski definition) is 2. The summed E-state index contributed by atoms with van der Waals surface area (Å²) in [4.78, 5) is 0. The van der Waals surface area contributed by atoms with E-state index in [0.717, 1.165) is 0 Å². The molecule has 15 heavy (non-hydrogen) atoms. The molecule has 1 rings (SSSR count). The van der Waals surface area contributed by atoms with Crippen LogP contribution in [0.4, 0.5) is 14.5 Å². The largest absolute Gasteiger partial charge is 0.391 e. The van der Waals surface area contributed by atoms with Crippen molar-refractivity contribution in [2.75, 3.05) is 11.9 Å². The van der Waals surface area contributed by atoms with Gasteiger partial charge in [0, 0.05) is 11.0 Å². The van der Waals surface area contributed by atoms with Gasteiger partial charge in [0.15, 0.2) is 0 Å². The van der Waals surface area contributed by atoms with E-state index in [0.29, 0.717) is 10.9 Å². The fraction of sp³-hybridized carbons (Fsp3) is 0.400. The minimum atomic E-state index is -0.676. The van der Waals surface area contributed by atoms with Gasteiger partial charge in [-0.15, -0.1) is 0 Å². The Bertz CT molecular complexity index is 323. The van der Waals surface area contributed by atoms with E-state index in [4.69, 9.17) is 0 Å². The smallest absolute Gasteiger partial charge is 0.150 e. The second-order valence-corrected chi connectivity index (χ2v) is 4.10. The molecule has 2 N–H and O–H groups in total. The maximum Gasteiger partial charge on any atom is 0.150 e. The van der Waals surface area contributed by atoms with Crippen LogP contribution in [0.2, 0.25) is 0 Å². The molecule has 0 fully saturated rings. The van der Waals surface area contributed by atoms with Crippen LogP contribution in [0.5, 0.6) is 0 Å². The third kappa shape index (κ3) is 3.43. The standard InChI is InChI=1S/C10H12BrF2NO/c1-2-7(15)5-14-10-8(12)3-6(11)4-9(10)13/h3-4,7,14-15H,2,5H2,1H3. The summed E-state index contributed by atoms with van der Waals surface area (Å²) in [7, 11) is 0. The number of aliphatic hydroxyl groups is 1. The van der Waals surface area contributed by atoms with Crippen molar-refractivity contribution in [2.24, 2.45) is 0 Å². The molecule has 0 radical (unpaired) electrons. The molecule has 0 aliphatic carbocycles. The van der Waals surface area contributed by atoms with Crippen LogP contribution in [0.15, 0.2) is 16.6 Å². The Hall–Kier alpha value is -0.680. The lowest BCUT2D eigenvalue weighted by Gasteiger charge is -2.12. The van der Waals surface area contributed by atoms with Crippen LogP contribution in [0.25, 0.3) is 0 Å². The molecule has 0 heterocycles. The van der Waals surface area contributed by atoms with Crippen LogP contribution in [-0.2, 0) is 0 Å². The highest BCUT2D eigenvalue weighted by Crippen LogP contribution is 2.23. The van der Waals surface area contributed by atoms with Gasteiger partial charge >= 0.3 is 0 Å². The van der Waals surface area contributed by atoms with Gasteiger partial charge < -0.3 is 10.4 Å². The predicted octanol–water partition coefficient (Wildman–Crippen LogP) is 2.91. The van der Waals surface area contributed by atoms with E-state index in [9.17, 15) is 13.9 Å². The van der Waals surface area contributed by atoms with Gasteiger partial charge in [0.2, 0.25) is 0 Å². The van der Waals surface area contributed by atoms with Crippen molar-refractivity contribution in [1.29, 1.82) is 0 Å². The average molecular weight is 280 g/mol. The van der Waals surface area contributed by atoms with Gasteiger partial charge in [-0.3, -0.25) is 0 Å². The maximum absolute atomic E-state index is 13.3. The number of rotatable bonds is 4. The van der Waals surface area contributed by atoms with Crippen molar-refractivity contribution < 1.29 is 13.9 Å². The molecule has 0 saturated heterocycles. The van der Waals surface area contributed by atoms with Gasteiger partial charge in [-0.25, -0.2) is 8.78 Å². The van der Waals surface area contributed by atoms with Gasteiger partial charge in [-0.2, -0.15) is 0 Å². The van der Waals surface area contributed by atoms with E-state index >= 15 is 0 Å². The Morgan fingerprint density at radius 3 is 2.40 bits per heavy atom. The normalized spacial score (nSPS) is 12.6. The number of aliphatic hydroxyl groups excluding tert-OH is 1. The molecule has 0 aliphatic heterocycles. The molecular weight excluding hydrogens is 268 g/mol. The molecule has 1 aromatic carbocycles. The van der Waals surface area contributed by atoms with Crippen molar-refractivity contribution in [3.05, 3.63) is 28.2 Å². The summed E-state index contributed by atoms with van der Waals surface area (Å²) in [6.45, 7) is 1.92. The molecule has 0 bridgehead atoms. The number of hydrogen-bond donors (Lipinski definition) is 2. The fourth-order valence-corrected chi connectivity index (χ4v) is 1.48. The summed E-state index contributed by atoms with van der Waals surface area (Å²) < 4.78 is 26.8. The lowest BCUT2D eigenvalue weighted by molar-refractivity contribution is 0.183. The molecule has 1 unspecified atom stereocenters. The van der Waals surface area contributed by atoms with E-state index in [1.54, 1.807) is 6.92 Å². The number of benzene rings is 1. The second-order valence-electron chi connectivity index (χ2n) is 3.19. The van der Waals surface area contributed by atoms with Crippen molar-refractivity contribution in [1.82, 2.24) is 0 Å². The van der Waals surface area contributed by atoms with Crippen LogP contribution in [-0.4, -0.2) is 17.8 Å². The highest BCUT2D eigenvalue weighted by Gasteiger charge is 2.11. The summed E-state index contributed by atoms with van der Waals surface area (Å²) >= 11 is 2.98. The summed E-state index contributed by atoms with van der Waals surface area (Å²) in [5.74, 6) is -1.35. The fourth-order valence-electron chi connectivity index (χ4n) is 1.08. The minimum absolute atomic E-state index is 0.131. The lowest BCUT2D eigenvalue weighted by atomic mass is 10.2. The number of nitrogens with one attached hydrogen (secondary N) is 1. The third-order valence-electron chi connectivity index (χ3n) is 1.99. The van der Waals surface area contributed by atoms with Crippen molar-refractivity contribution in [2.45, 2.75) is 19.4 Å². The molecule has 5 heteroatoms. The number of anilines is 1. The Morgan fingerprint density at radius 2 is 1.93 bits per heavy atom. The summed E-state index contributed by atoms with van der Waals surface area (Å²) in [5.41, 5.74) is -0.203. The SMILES string of the molecule is CCC(O)CNc1c(F)cc(Br)cc1F. The summed E-state index contributed by atoms with van der Waals surface area (Å²) in [5, 5.41) is 11.8.